The van der Waals surface area contributed by atoms with Crippen LogP contribution in [0, 0.1) is 28.6 Å². The number of nitriles is 2. The number of nitrogens with zero attached hydrogens (tertiary/aromatic N) is 2. The van der Waals surface area contributed by atoms with E-state index in [2.05, 4.69) is 17.5 Å². The molecule has 0 amide bonds. The number of hydrogen-bond acceptors (Lipinski definition) is 4. The molecule has 1 aromatic rings. The molecular weight excluding hydrogens is 274 g/mol. The SMILES string of the molecule is CO/C(=C\c1ccccc1)C1C(C#N)=C(C)NC(C)=C1C#N. The number of benzene rings is 1. The molecule has 4 heteroatoms. The fourth-order valence-corrected chi connectivity index (χ4v) is 2.55. The van der Waals surface area contributed by atoms with E-state index in [4.69, 9.17) is 4.74 Å². The van der Waals surface area contributed by atoms with Crippen LogP contribution in [0.3, 0.4) is 0 Å². The Morgan fingerprint density at radius 2 is 1.64 bits per heavy atom. The Hall–Kier alpha value is -2.98. The van der Waals surface area contributed by atoms with Crippen LogP contribution in [-0.4, -0.2) is 7.11 Å². The maximum atomic E-state index is 9.48. The lowest BCUT2D eigenvalue weighted by Crippen LogP contribution is -2.26. The van der Waals surface area contributed by atoms with Gasteiger partial charge in [0.05, 0.1) is 36.3 Å². The van der Waals surface area contributed by atoms with Crippen LogP contribution < -0.4 is 5.32 Å². The maximum Gasteiger partial charge on any atom is 0.110 e. The first-order valence-corrected chi connectivity index (χ1v) is 6.91. The molecule has 2 rings (SSSR count). The van der Waals surface area contributed by atoms with Crippen LogP contribution in [0.15, 0.2) is 58.6 Å². The minimum absolute atomic E-state index is 0.471. The molecule has 0 saturated heterocycles. The summed E-state index contributed by atoms with van der Waals surface area (Å²) in [5, 5.41) is 22.0. The molecule has 0 unspecified atom stereocenters. The Morgan fingerprint density at radius 1 is 1.09 bits per heavy atom. The van der Waals surface area contributed by atoms with E-state index in [1.807, 2.05) is 50.3 Å². The van der Waals surface area contributed by atoms with Crippen LogP contribution in [-0.2, 0) is 4.74 Å². The predicted molar refractivity (Wildman–Crippen MR) is 84.7 cm³/mol. The molecule has 0 atom stereocenters. The third kappa shape index (κ3) is 2.87. The fourth-order valence-electron chi connectivity index (χ4n) is 2.55. The first kappa shape index (κ1) is 15.4. The van der Waals surface area contributed by atoms with Gasteiger partial charge in [0.2, 0.25) is 0 Å². The minimum Gasteiger partial charge on any atom is -0.500 e. The maximum absolute atomic E-state index is 9.48. The highest BCUT2D eigenvalue weighted by molar-refractivity contribution is 5.59. The molecule has 0 radical (unpaired) electrons. The molecule has 1 N–H and O–H groups in total. The first-order chi connectivity index (χ1) is 10.6. The Kier molecular flexibility index (Phi) is 4.66. The summed E-state index contributed by atoms with van der Waals surface area (Å²) in [6.45, 7) is 3.66. The molecule has 22 heavy (non-hydrogen) atoms. The van der Waals surface area contributed by atoms with E-state index in [0.717, 1.165) is 17.0 Å². The number of methoxy groups -OCH3 is 1. The summed E-state index contributed by atoms with van der Waals surface area (Å²) in [6, 6.07) is 14.1. The molecule has 110 valence electrons. The summed E-state index contributed by atoms with van der Waals surface area (Å²) < 4.78 is 5.52. The van der Waals surface area contributed by atoms with Crippen molar-refractivity contribution in [3.8, 4) is 12.1 Å². The number of ether oxygens (including phenoxy) is 1. The van der Waals surface area contributed by atoms with Gasteiger partial charge in [-0.05, 0) is 25.5 Å². The van der Waals surface area contributed by atoms with Crippen molar-refractivity contribution in [1.82, 2.24) is 5.32 Å². The van der Waals surface area contributed by atoms with Gasteiger partial charge in [0.1, 0.15) is 5.76 Å². The molecule has 1 aromatic carbocycles. The number of dihydropyridines is 1. The van der Waals surface area contributed by atoms with Gasteiger partial charge in [-0.25, -0.2) is 0 Å². The van der Waals surface area contributed by atoms with Gasteiger partial charge in [0, 0.05) is 11.4 Å². The fraction of sp³-hybridized carbons (Fsp3) is 0.222. The Bertz CT molecular complexity index is 707. The Labute approximate surface area is 130 Å². The van der Waals surface area contributed by atoms with E-state index in [1.165, 1.54) is 0 Å². The van der Waals surface area contributed by atoms with Crippen LogP contribution in [0.4, 0.5) is 0 Å². The Morgan fingerprint density at radius 3 is 2.09 bits per heavy atom. The molecule has 1 aliphatic rings. The van der Waals surface area contributed by atoms with Crippen molar-refractivity contribution in [3.05, 3.63) is 64.2 Å². The van der Waals surface area contributed by atoms with Crippen molar-refractivity contribution in [1.29, 1.82) is 10.5 Å². The van der Waals surface area contributed by atoms with Gasteiger partial charge in [0.15, 0.2) is 0 Å². The molecule has 0 spiro atoms. The molecule has 0 bridgehead atoms. The van der Waals surface area contributed by atoms with Crippen molar-refractivity contribution >= 4 is 6.08 Å². The molecule has 0 saturated carbocycles. The van der Waals surface area contributed by atoms with Crippen molar-refractivity contribution < 1.29 is 4.74 Å². The van der Waals surface area contributed by atoms with Gasteiger partial charge in [-0.15, -0.1) is 0 Å². The van der Waals surface area contributed by atoms with E-state index in [0.29, 0.717) is 16.9 Å². The smallest absolute Gasteiger partial charge is 0.110 e. The summed E-state index contributed by atoms with van der Waals surface area (Å²) in [7, 11) is 1.56. The first-order valence-electron chi connectivity index (χ1n) is 6.91. The van der Waals surface area contributed by atoms with Crippen LogP contribution in [0.5, 0.6) is 0 Å². The largest absolute Gasteiger partial charge is 0.500 e. The van der Waals surface area contributed by atoms with Gasteiger partial charge in [-0.3, -0.25) is 0 Å². The average molecular weight is 291 g/mol. The lowest BCUT2D eigenvalue weighted by atomic mass is 9.84. The number of rotatable bonds is 3. The van der Waals surface area contributed by atoms with Crippen LogP contribution >= 0.6 is 0 Å². The highest BCUT2D eigenvalue weighted by Gasteiger charge is 2.31. The van der Waals surface area contributed by atoms with Crippen LogP contribution in [0.2, 0.25) is 0 Å². The Balaban J connectivity index is 2.58. The summed E-state index contributed by atoms with van der Waals surface area (Å²) in [4.78, 5) is 0. The molecule has 1 aliphatic heterocycles. The second-order valence-corrected chi connectivity index (χ2v) is 5.02. The van der Waals surface area contributed by atoms with Gasteiger partial charge in [-0.2, -0.15) is 10.5 Å². The molecule has 0 aromatic heterocycles. The second-order valence-electron chi connectivity index (χ2n) is 5.02. The number of nitrogens with one attached hydrogen (secondary N) is 1. The van der Waals surface area contributed by atoms with E-state index in [1.54, 1.807) is 7.11 Å². The van der Waals surface area contributed by atoms with Gasteiger partial charge >= 0.3 is 0 Å². The van der Waals surface area contributed by atoms with E-state index in [9.17, 15) is 10.5 Å². The molecular formula is C18H17N3O. The van der Waals surface area contributed by atoms with E-state index < -0.39 is 5.92 Å². The third-order valence-electron chi connectivity index (χ3n) is 3.63. The zero-order valence-electron chi connectivity index (χ0n) is 12.8. The lowest BCUT2D eigenvalue weighted by molar-refractivity contribution is 0.267. The van der Waals surface area contributed by atoms with Crippen molar-refractivity contribution in [2.24, 2.45) is 5.92 Å². The normalized spacial score (nSPS) is 16.0. The van der Waals surface area contributed by atoms with Crippen LogP contribution in [0.1, 0.15) is 19.4 Å². The third-order valence-corrected chi connectivity index (χ3v) is 3.63. The monoisotopic (exact) mass is 291 g/mol. The lowest BCUT2D eigenvalue weighted by Gasteiger charge is -2.27. The van der Waals surface area contributed by atoms with Crippen molar-refractivity contribution in [2.75, 3.05) is 7.11 Å². The highest BCUT2D eigenvalue weighted by atomic mass is 16.5. The minimum atomic E-state index is -0.471. The zero-order chi connectivity index (χ0) is 16.1. The van der Waals surface area contributed by atoms with E-state index in [-0.39, 0.29) is 0 Å². The van der Waals surface area contributed by atoms with Crippen LogP contribution in [0.25, 0.3) is 6.08 Å². The summed E-state index contributed by atoms with van der Waals surface area (Å²) in [5.41, 5.74) is 3.47. The molecule has 1 heterocycles. The number of allylic oxidation sites excluding steroid dienone is 3. The second kappa shape index (κ2) is 6.65. The van der Waals surface area contributed by atoms with Crippen molar-refractivity contribution in [3.63, 3.8) is 0 Å². The van der Waals surface area contributed by atoms with E-state index >= 15 is 0 Å². The van der Waals surface area contributed by atoms with Gasteiger partial charge in [-0.1, -0.05) is 30.3 Å². The topological polar surface area (TPSA) is 68.8 Å². The quantitative estimate of drug-likeness (QED) is 0.865. The van der Waals surface area contributed by atoms with Gasteiger partial charge in [0.25, 0.3) is 0 Å². The summed E-state index contributed by atoms with van der Waals surface area (Å²) in [6.07, 6.45) is 1.87. The predicted octanol–water partition coefficient (Wildman–Crippen LogP) is 3.49. The standard InChI is InChI=1S/C18H17N3O/c1-12-15(10-19)18(16(11-20)13(2)21-12)17(22-3)9-14-7-5-4-6-8-14/h4-9,18,21H,1-3H3/b17-9-. The molecule has 0 fully saturated rings. The zero-order valence-corrected chi connectivity index (χ0v) is 12.8. The molecule has 0 aliphatic carbocycles. The summed E-state index contributed by atoms with van der Waals surface area (Å²) >= 11 is 0. The van der Waals surface area contributed by atoms with Gasteiger partial charge < -0.3 is 10.1 Å². The summed E-state index contributed by atoms with van der Waals surface area (Å²) in [5.74, 6) is 0.112. The molecule has 4 nitrogen and oxygen atoms in total. The highest BCUT2D eigenvalue weighted by Crippen LogP contribution is 2.35. The number of hydrogen-bond donors (Lipinski definition) is 1. The average Bonchev–Trinajstić information content (AvgIpc) is 2.53. The van der Waals surface area contributed by atoms with Crippen molar-refractivity contribution in [2.45, 2.75) is 13.8 Å².